The molecule has 0 amide bonds. The highest BCUT2D eigenvalue weighted by molar-refractivity contribution is 5.75. The van der Waals surface area contributed by atoms with Gasteiger partial charge in [0.05, 0.1) is 19.9 Å². The molecule has 100 valence electrons. The smallest absolute Gasteiger partial charge is 0.147 e. The molecule has 0 radical (unpaired) electrons. The predicted molar refractivity (Wildman–Crippen MR) is 75.5 cm³/mol. The number of hydrogen-bond acceptors (Lipinski definition) is 4. The Bertz CT molecular complexity index is 547. The Balaban J connectivity index is 1.89. The zero-order chi connectivity index (χ0) is 13.5. The van der Waals surface area contributed by atoms with Gasteiger partial charge in [-0.1, -0.05) is 25.1 Å². The van der Waals surface area contributed by atoms with Gasteiger partial charge in [0.15, 0.2) is 0 Å². The van der Waals surface area contributed by atoms with Gasteiger partial charge >= 0.3 is 0 Å². The molecule has 0 saturated carbocycles. The third-order valence-corrected chi connectivity index (χ3v) is 2.78. The van der Waals surface area contributed by atoms with E-state index < -0.39 is 0 Å². The average Bonchev–Trinajstić information content (AvgIpc) is 2.92. The van der Waals surface area contributed by atoms with Crippen molar-refractivity contribution in [2.24, 2.45) is 5.10 Å². The fraction of sp³-hybridized carbons (Fsp3) is 0.267. The van der Waals surface area contributed by atoms with Crippen LogP contribution in [0.1, 0.15) is 24.0 Å². The molecule has 0 saturated heterocycles. The first-order chi connectivity index (χ1) is 9.33. The quantitative estimate of drug-likeness (QED) is 0.640. The number of nitrogens with one attached hydrogen (secondary N) is 1. The van der Waals surface area contributed by atoms with E-state index in [-0.39, 0.29) is 0 Å². The van der Waals surface area contributed by atoms with E-state index in [4.69, 9.17) is 9.15 Å². The maximum atomic E-state index is 5.52. The van der Waals surface area contributed by atoms with Crippen LogP contribution < -0.4 is 10.2 Å². The van der Waals surface area contributed by atoms with E-state index >= 15 is 0 Å². The molecule has 2 rings (SSSR count). The summed E-state index contributed by atoms with van der Waals surface area (Å²) in [5.74, 6) is 2.58. The first-order valence-corrected chi connectivity index (χ1v) is 6.30. The lowest BCUT2D eigenvalue weighted by molar-refractivity contribution is 0.408. The lowest BCUT2D eigenvalue weighted by Crippen LogP contribution is -2.06. The summed E-state index contributed by atoms with van der Waals surface area (Å²) in [6.45, 7) is 2.67. The van der Waals surface area contributed by atoms with Crippen molar-refractivity contribution in [3.63, 3.8) is 0 Å². The first-order valence-electron chi connectivity index (χ1n) is 6.30. The van der Waals surface area contributed by atoms with E-state index in [1.54, 1.807) is 13.3 Å². The molecule has 4 heteroatoms. The Morgan fingerprint density at radius 1 is 1.26 bits per heavy atom. The van der Waals surface area contributed by atoms with Crippen LogP contribution in [-0.4, -0.2) is 13.3 Å². The number of methoxy groups -OCH3 is 1. The Hall–Kier alpha value is -2.23. The zero-order valence-corrected chi connectivity index (χ0v) is 11.2. The van der Waals surface area contributed by atoms with E-state index in [1.165, 1.54) is 0 Å². The minimum atomic E-state index is 0.613. The highest BCUT2D eigenvalue weighted by Gasteiger charge is 2.00. The highest BCUT2D eigenvalue weighted by atomic mass is 16.5. The van der Waals surface area contributed by atoms with Crippen LogP contribution in [0.15, 0.2) is 45.9 Å². The van der Waals surface area contributed by atoms with Crippen LogP contribution in [-0.2, 0) is 13.0 Å². The number of rotatable bonds is 6. The summed E-state index contributed by atoms with van der Waals surface area (Å²) in [6, 6.07) is 11.7. The molecule has 0 aliphatic heterocycles. The summed E-state index contributed by atoms with van der Waals surface area (Å²) in [5, 5.41) is 4.14. The Morgan fingerprint density at radius 3 is 2.84 bits per heavy atom. The van der Waals surface area contributed by atoms with Gasteiger partial charge in [-0.2, -0.15) is 5.10 Å². The monoisotopic (exact) mass is 258 g/mol. The van der Waals surface area contributed by atoms with Gasteiger partial charge in [-0.15, -0.1) is 0 Å². The molecule has 1 N–H and O–H groups in total. The Morgan fingerprint density at radius 2 is 2.11 bits per heavy atom. The number of aryl methyl sites for hydroxylation is 1. The van der Waals surface area contributed by atoms with Crippen LogP contribution in [0, 0.1) is 0 Å². The SMILES string of the molecule is CCc1ccc(/C=N/NCc2ccccc2OC)o1. The van der Waals surface area contributed by atoms with Gasteiger partial charge in [-0.05, 0) is 18.2 Å². The summed E-state index contributed by atoms with van der Waals surface area (Å²) < 4.78 is 10.8. The van der Waals surface area contributed by atoms with Crippen molar-refractivity contribution in [2.45, 2.75) is 19.9 Å². The summed E-state index contributed by atoms with van der Waals surface area (Å²) >= 11 is 0. The maximum Gasteiger partial charge on any atom is 0.147 e. The number of benzene rings is 1. The van der Waals surface area contributed by atoms with Crippen molar-refractivity contribution in [3.8, 4) is 5.75 Å². The minimum absolute atomic E-state index is 0.613. The second-order valence-electron chi connectivity index (χ2n) is 4.06. The molecule has 0 bridgehead atoms. The molecule has 2 aromatic rings. The maximum absolute atomic E-state index is 5.52. The van der Waals surface area contributed by atoms with Gasteiger partial charge in [0.1, 0.15) is 17.3 Å². The van der Waals surface area contributed by atoms with Crippen molar-refractivity contribution >= 4 is 6.21 Å². The van der Waals surface area contributed by atoms with Crippen LogP contribution in [0.25, 0.3) is 0 Å². The number of hydrogen-bond donors (Lipinski definition) is 1. The number of nitrogens with zero attached hydrogens (tertiary/aromatic N) is 1. The molecular weight excluding hydrogens is 240 g/mol. The van der Waals surface area contributed by atoms with Gasteiger partial charge in [0.25, 0.3) is 0 Å². The number of para-hydroxylation sites is 1. The Labute approximate surface area is 113 Å². The molecular formula is C15H18N2O2. The Kier molecular flexibility index (Phi) is 4.61. The molecule has 0 unspecified atom stereocenters. The molecule has 0 aliphatic carbocycles. The molecule has 0 aliphatic rings. The van der Waals surface area contributed by atoms with Crippen molar-refractivity contribution in [1.29, 1.82) is 0 Å². The van der Waals surface area contributed by atoms with Crippen molar-refractivity contribution in [3.05, 3.63) is 53.5 Å². The van der Waals surface area contributed by atoms with E-state index in [9.17, 15) is 0 Å². The minimum Gasteiger partial charge on any atom is -0.496 e. The second kappa shape index (κ2) is 6.64. The fourth-order valence-corrected chi connectivity index (χ4v) is 1.74. The molecule has 1 heterocycles. The second-order valence-corrected chi connectivity index (χ2v) is 4.06. The summed E-state index contributed by atoms with van der Waals surface area (Å²) in [4.78, 5) is 0. The van der Waals surface area contributed by atoms with Crippen LogP contribution in [0.5, 0.6) is 5.75 Å². The van der Waals surface area contributed by atoms with Crippen LogP contribution in [0.4, 0.5) is 0 Å². The number of ether oxygens (including phenoxy) is 1. The van der Waals surface area contributed by atoms with Crippen LogP contribution >= 0.6 is 0 Å². The first kappa shape index (κ1) is 13.2. The van der Waals surface area contributed by atoms with Crippen molar-refractivity contribution in [1.82, 2.24) is 5.43 Å². The van der Waals surface area contributed by atoms with Gasteiger partial charge < -0.3 is 14.6 Å². The highest BCUT2D eigenvalue weighted by Crippen LogP contribution is 2.16. The third-order valence-electron chi connectivity index (χ3n) is 2.78. The molecule has 0 fully saturated rings. The van der Waals surface area contributed by atoms with Crippen LogP contribution in [0.3, 0.4) is 0 Å². The van der Waals surface area contributed by atoms with Crippen LogP contribution in [0.2, 0.25) is 0 Å². The predicted octanol–water partition coefficient (Wildman–Crippen LogP) is 2.97. The van der Waals surface area contributed by atoms with E-state index in [1.807, 2.05) is 36.4 Å². The molecule has 19 heavy (non-hydrogen) atoms. The fourth-order valence-electron chi connectivity index (χ4n) is 1.74. The molecule has 1 aromatic heterocycles. The molecule has 4 nitrogen and oxygen atoms in total. The van der Waals surface area contributed by atoms with Gasteiger partial charge in [-0.25, -0.2) is 0 Å². The van der Waals surface area contributed by atoms with E-state index in [0.29, 0.717) is 6.54 Å². The molecule has 1 aromatic carbocycles. The summed E-state index contributed by atoms with van der Waals surface area (Å²) in [6.07, 6.45) is 2.57. The molecule has 0 spiro atoms. The lowest BCUT2D eigenvalue weighted by Gasteiger charge is -2.06. The zero-order valence-electron chi connectivity index (χ0n) is 11.2. The largest absolute Gasteiger partial charge is 0.496 e. The van der Waals surface area contributed by atoms with Gasteiger partial charge in [0, 0.05) is 12.0 Å². The number of furan rings is 1. The van der Waals surface area contributed by atoms with Gasteiger partial charge in [0.2, 0.25) is 0 Å². The standard InChI is InChI=1S/C15H18N2O2/c1-3-13-8-9-14(19-13)11-17-16-10-12-6-4-5-7-15(12)18-2/h4-9,11,16H,3,10H2,1-2H3/b17-11+. The van der Waals surface area contributed by atoms with Crippen molar-refractivity contribution in [2.75, 3.05) is 7.11 Å². The summed E-state index contributed by atoms with van der Waals surface area (Å²) in [7, 11) is 1.66. The summed E-state index contributed by atoms with van der Waals surface area (Å²) in [5.41, 5.74) is 4.05. The van der Waals surface area contributed by atoms with Gasteiger partial charge in [-0.3, -0.25) is 0 Å². The van der Waals surface area contributed by atoms with E-state index in [2.05, 4.69) is 17.5 Å². The molecule has 0 atom stereocenters. The van der Waals surface area contributed by atoms with E-state index in [0.717, 1.165) is 29.3 Å². The lowest BCUT2D eigenvalue weighted by atomic mass is 10.2. The topological polar surface area (TPSA) is 46.8 Å². The number of hydrazone groups is 1. The average molecular weight is 258 g/mol. The normalized spacial score (nSPS) is 10.8. The van der Waals surface area contributed by atoms with Crippen molar-refractivity contribution < 1.29 is 9.15 Å². The third kappa shape index (κ3) is 3.61.